The Bertz CT molecular complexity index is 700. The Balaban J connectivity index is 1.98. The van der Waals surface area contributed by atoms with Gasteiger partial charge < -0.3 is 10.2 Å². The van der Waals surface area contributed by atoms with Crippen molar-refractivity contribution < 1.29 is 9.59 Å². The molecule has 0 aromatic heterocycles. The maximum absolute atomic E-state index is 12.3. The summed E-state index contributed by atoms with van der Waals surface area (Å²) in [6.45, 7) is 2.87. The van der Waals surface area contributed by atoms with Gasteiger partial charge in [-0.3, -0.25) is 9.59 Å². The number of hydrogen-bond acceptors (Lipinski definition) is 2. The molecule has 0 heterocycles. The topological polar surface area (TPSA) is 49.4 Å². The molecule has 0 aliphatic rings. The van der Waals surface area contributed by atoms with Crippen LogP contribution in [0.2, 0.25) is 10.0 Å². The van der Waals surface area contributed by atoms with Crippen LogP contribution < -0.4 is 5.32 Å². The van der Waals surface area contributed by atoms with Gasteiger partial charge in [0.2, 0.25) is 11.8 Å². The Morgan fingerprint density at radius 1 is 1.00 bits per heavy atom. The summed E-state index contributed by atoms with van der Waals surface area (Å²) >= 11 is 12.0. The highest BCUT2D eigenvalue weighted by Gasteiger charge is 2.18. The van der Waals surface area contributed by atoms with E-state index in [2.05, 4.69) is 5.32 Å². The lowest BCUT2D eigenvalue weighted by molar-refractivity contribution is -0.134. The summed E-state index contributed by atoms with van der Waals surface area (Å²) in [5.74, 6) is -0.691. The Morgan fingerprint density at radius 3 is 2.21 bits per heavy atom. The smallest absolute Gasteiger partial charge is 0.233 e. The molecule has 6 heteroatoms. The average molecular weight is 365 g/mol. The van der Waals surface area contributed by atoms with Crippen molar-refractivity contribution in [3.63, 3.8) is 0 Å². The number of carbonyl (C=O) groups excluding carboxylic acids is 2. The Morgan fingerprint density at radius 2 is 1.62 bits per heavy atom. The average Bonchev–Trinajstić information content (AvgIpc) is 2.57. The second-order valence-corrected chi connectivity index (χ2v) is 6.03. The Hall–Kier alpha value is -2.04. The molecule has 0 atom stereocenters. The van der Waals surface area contributed by atoms with Gasteiger partial charge in [0.05, 0.1) is 15.7 Å². The third-order valence-electron chi connectivity index (χ3n) is 3.49. The van der Waals surface area contributed by atoms with E-state index in [4.69, 9.17) is 23.2 Å². The van der Waals surface area contributed by atoms with Gasteiger partial charge in [-0.2, -0.15) is 0 Å². The van der Waals surface area contributed by atoms with Gasteiger partial charge in [-0.05, 0) is 24.6 Å². The van der Waals surface area contributed by atoms with Gasteiger partial charge in [0.1, 0.15) is 6.42 Å². The van der Waals surface area contributed by atoms with Gasteiger partial charge in [0.15, 0.2) is 0 Å². The van der Waals surface area contributed by atoms with Crippen LogP contribution in [0.5, 0.6) is 0 Å². The lowest BCUT2D eigenvalue weighted by Gasteiger charge is -2.21. The summed E-state index contributed by atoms with van der Waals surface area (Å²) in [5.41, 5.74) is 1.34. The van der Waals surface area contributed by atoms with Crippen molar-refractivity contribution >= 4 is 40.7 Å². The van der Waals surface area contributed by atoms with E-state index in [1.165, 1.54) is 0 Å². The van der Waals surface area contributed by atoms with Gasteiger partial charge in [-0.25, -0.2) is 0 Å². The third kappa shape index (κ3) is 4.98. The highest BCUT2D eigenvalue weighted by atomic mass is 35.5. The quantitative estimate of drug-likeness (QED) is 0.773. The predicted molar refractivity (Wildman–Crippen MR) is 97.2 cm³/mol. The number of nitrogens with one attached hydrogen (secondary N) is 1. The summed E-state index contributed by atoms with van der Waals surface area (Å²) in [6, 6.07) is 14.6. The van der Waals surface area contributed by atoms with E-state index in [-0.39, 0.29) is 12.3 Å². The standard InChI is InChI=1S/C18H18Cl2N2O2/c1-2-22(12-13-7-4-3-5-8-13)17(24)11-16(23)21-18-14(19)9-6-10-15(18)20/h3-10H,2,11-12H2,1H3,(H,21,23). The van der Waals surface area contributed by atoms with Gasteiger partial charge in [-0.1, -0.05) is 59.6 Å². The van der Waals surface area contributed by atoms with Gasteiger partial charge in [0.25, 0.3) is 0 Å². The number of rotatable bonds is 6. The van der Waals surface area contributed by atoms with Crippen molar-refractivity contribution in [2.45, 2.75) is 19.9 Å². The molecule has 4 nitrogen and oxygen atoms in total. The maximum Gasteiger partial charge on any atom is 0.233 e. The number of nitrogens with zero attached hydrogens (tertiary/aromatic N) is 1. The van der Waals surface area contributed by atoms with Crippen LogP contribution in [0.3, 0.4) is 0 Å². The summed E-state index contributed by atoms with van der Waals surface area (Å²) in [5, 5.41) is 3.27. The monoisotopic (exact) mass is 364 g/mol. The van der Waals surface area contributed by atoms with E-state index in [9.17, 15) is 9.59 Å². The Labute approximate surface area is 151 Å². The maximum atomic E-state index is 12.3. The lowest BCUT2D eigenvalue weighted by Crippen LogP contribution is -2.33. The molecule has 0 saturated heterocycles. The van der Waals surface area contributed by atoms with E-state index in [0.717, 1.165) is 5.56 Å². The van der Waals surface area contributed by atoms with Crippen molar-refractivity contribution in [3.05, 3.63) is 64.1 Å². The predicted octanol–water partition coefficient (Wildman–Crippen LogP) is 4.37. The summed E-state index contributed by atoms with van der Waals surface area (Å²) in [7, 11) is 0. The zero-order valence-corrected chi connectivity index (χ0v) is 14.8. The number of para-hydroxylation sites is 1. The van der Waals surface area contributed by atoms with Crippen molar-refractivity contribution in [1.29, 1.82) is 0 Å². The van der Waals surface area contributed by atoms with Gasteiger partial charge in [0, 0.05) is 13.1 Å². The molecule has 0 fully saturated rings. The minimum absolute atomic E-state index is 0.248. The molecule has 0 bridgehead atoms. The van der Waals surface area contributed by atoms with Gasteiger partial charge in [-0.15, -0.1) is 0 Å². The molecule has 2 amide bonds. The fraction of sp³-hybridized carbons (Fsp3) is 0.222. The van der Waals surface area contributed by atoms with Crippen molar-refractivity contribution in [2.24, 2.45) is 0 Å². The van der Waals surface area contributed by atoms with Crippen LogP contribution in [-0.2, 0) is 16.1 Å². The van der Waals surface area contributed by atoms with Crippen LogP contribution in [0.25, 0.3) is 0 Å². The third-order valence-corrected chi connectivity index (χ3v) is 4.12. The lowest BCUT2D eigenvalue weighted by atomic mass is 10.2. The molecular weight excluding hydrogens is 347 g/mol. The van der Waals surface area contributed by atoms with E-state index >= 15 is 0 Å². The SMILES string of the molecule is CCN(Cc1ccccc1)C(=O)CC(=O)Nc1c(Cl)cccc1Cl. The molecule has 126 valence electrons. The van der Waals surface area contributed by atoms with Crippen molar-refractivity contribution in [3.8, 4) is 0 Å². The molecule has 2 aromatic carbocycles. The first kappa shape index (κ1) is 18.3. The number of amides is 2. The number of halogens is 2. The second-order valence-electron chi connectivity index (χ2n) is 5.22. The zero-order valence-electron chi connectivity index (χ0n) is 13.3. The number of benzene rings is 2. The molecule has 0 aliphatic heterocycles. The second kappa shape index (κ2) is 8.71. The van der Waals surface area contributed by atoms with Gasteiger partial charge >= 0.3 is 0 Å². The first-order valence-electron chi connectivity index (χ1n) is 7.56. The fourth-order valence-electron chi connectivity index (χ4n) is 2.23. The van der Waals surface area contributed by atoms with Crippen LogP contribution in [0.4, 0.5) is 5.69 Å². The molecule has 0 spiro atoms. The largest absolute Gasteiger partial charge is 0.338 e. The van der Waals surface area contributed by atoms with Crippen LogP contribution in [-0.4, -0.2) is 23.3 Å². The van der Waals surface area contributed by atoms with Crippen molar-refractivity contribution in [1.82, 2.24) is 4.90 Å². The molecule has 2 aromatic rings. The molecule has 0 unspecified atom stereocenters. The minimum atomic E-state index is -0.443. The van der Waals surface area contributed by atoms with Crippen LogP contribution in [0, 0.1) is 0 Å². The molecule has 1 N–H and O–H groups in total. The minimum Gasteiger partial charge on any atom is -0.338 e. The molecular formula is C18H18Cl2N2O2. The highest BCUT2D eigenvalue weighted by Crippen LogP contribution is 2.29. The first-order chi connectivity index (χ1) is 11.5. The van der Waals surface area contributed by atoms with Crippen LogP contribution >= 0.6 is 23.2 Å². The molecule has 24 heavy (non-hydrogen) atoms. The van der Waals surface area contributed by atoms with Crippen molar-refractivity contribution in [2.75, 3.05) is 11.9 Å². The summed E-state index contributed by atoms with van der Waals surface area (Å²) < 4.78 is 0. The van der Waals surface area contributed by atoms with E-state index in [0.29, 0.717) is 28.8 Å². The number of carbonyl (C=O) groups is 2. The number of anilines is 1. The highest BCUT2D eigenvalue weighted by molar-refractivity contribution is 6.39. The zero-order chi connectivity index (χ0) is 17.5. The number of hydrogen-bond donors (Lipinski definition) is 1. The summed E-state index contributed by atoms with van der Waals surface area (Å²) in [6.07, 6.45) is -0.262. The normalized spacial score (nSPS) is 10.3. The van der Waals surface area contributed by atoms with Crippen LogP contribution in [0.15, 0.2) is 48.5 Å². The van der Waals surface area contributed by atoms with Crippen LogP contribution in [0.1, 0.15) is 18.9 Å². The molecule has 2 rings (SSSR count). The molecule has 0 radical (unpaired) electrons. The fourth-order valence-corrected chi connectivity index (χ4v) is 2.72. The molecule has 0 aliphatic carbocycles. The Kier molecular flexibility index (Phi) is 6.64. The first-order valence-corrected chi connectivity index (χ1v) is 8.32. The van der Waals surface area contributed by atoms with E-state index < -0.39 is 5.91 Å². The molecule has 0 saturated carbocycles. The van der Waals surface area contributed by atoms with E-state index in [1.807, 2.05) is 37.3 Å². The van der Waals surface area contributed by atoms with E-state index in [1.54, 1.807) is 23.1 Å². The summed E-state index contributed by atoms with van der Waals surface area (Å²) in [4.78, 5) is 26.1.